The van der Waals surface area contributed by atoms with Crippen LogP contribution in [0.15, 0.2) is 24.3 Å². The highest BCUT2D eigenvalue weighted by molar-refractivity contribution is 5.70. The lowest BCUT2D eigenvalue weighted by Crippen LogP contribution is -2.44. The normalized spacial score (nSPS) is 13.0. The zero-order valence-corrected chi connectivity index (χ0v) is 42.7. The summed E-state index contributed by atoms with van der Waals surface area (Å²) in [6.07, 6.45) is 50.7. The molecule has 0 aromatic rings. The van der Waals surface area contributed by atoms with Gasteiger partial charge in [-0.3, -0.25) is 9.59 Å². The van der Waals surface area contributed by atoms with Gasteiger partial charge < -0.3 is 33.3 Å². The number of ether oxygens (including phenoxy) is 4. The number of carboxylic acids is 1. The number of nitrogens with zero attached hydrogens (tertiary/aromatic N) is 1. The highest BCUT2D eigenvalue weighted by atomic mass is 16.7. The van der Waals surface area contributed by atoms with E-state index < -0.39 is 24.3 Å². The van der Waals surface area contributed by atoms with Crippen LogP contribution in [0.25, 0.3) is 0 Å². The quantitative estimate of drug-likeness (QED) is 0.0195. The van der Waals surface area contributed by atoms with Crippen LogP contribution in [0.4, 0.5) is 0 Å². The van der Waals surface area contributed by atoms with Crippen LogP contribution < -0.4 is 5.11 Å². The number of hydrogen-bond donors (Lipinski definition) is 0. The Labute approximate surface area is 395 Å². The predicted molar refractivity (Wildman–Crippen MR) is 265 cm³/mol. The second-order valence-corrected chi connectivity index (χ2v) is 19.5. The largest absolute Gasteiger partial charge is 0.545 e. The number of likely N-dealkylation sites (N-methyl/N-ethyl adjacent to an activating group) is 1. The van der Waals surface area contributed by atoms with E-state index in [1.807, 2.05) is 21.1 Å². The standard InChI is InChI=1S/C55H103NO8/c1-6-8-10-12-14-16-18-20-22-24-25-26-27-28-30-31-33-35-37-39-41-43-45-52(57)62-49-51(50-63-55(54(59)60)61-48-47-56(3,4)5)64-53(58)46-44-42-40-38-36-34-32-29-23-21-19-17-15-13-11-9-7-2/h15,17,21,23,51,55H,6-14,16,18-20,22,24-50H2,1-5H3/b17-15-,23-21-. The van der Waals surface area contributed by atoms with E-state index in [4.69, 9.17) is 18.9 Å². The first-order valence-corrected chi connectivity index (χ1v) is 27.0. The van der Waals surface area contributed by atoms with E-state index >= 15 is 0 Å². The Bertz CT molecular complexity index is 1100. The minimum atomic E-state index is -1.62. The molecule has 2 unspecified atom stereocenters. The smallest absolute Gasteiger partial charge is 0.306 e. The van der Waals surface area contributed by atoms with E-state index in [0.29, 0.717) is 23.9 Å². The number of carbonyl (C=O) groups is 3. The van der Waals surface area contributed by atoms with Crippen molar-refractivity contribution in [2.75, 3.05) is 47.5 Å². The molecule has 0 spiro atoms. The fraction of sp³-hybridized carbons (Fsp3) is 0.873. The van der Waals surface area contributed by atoms with Crippen molar-refractivity contribution in [2.24, 2.45) is 0 Å². The number of allylic oxidation sites excluding steroid dienone is 4. The Morgan fingerprint density at radius 3 is 1.27 bits per heavy atom. The monoisotopic (exact) mass is 906 g/mol. The molecule has 376 valence electrons. The average Bonchev–Trinajstić information content (AvgIpc) is 3.26. The van der Waals surface area contributed by atoms with Crippen molar-refractivity contribution in [3.05, 3.63) is 24.3 Å². The first-order valence-electron chi connectivity index (χ1n) is 27.0. The molecule has 0 aliphatic heterocycles. The van der Waals surface area contributed by atoms with Gasteiger partial charge in [0, 0.05) is 12.8 Å². The van der Waals surface area contributed by atoms with Crippen molar-refractivity contribution < 1.29 is 42.9 Å². The summed E-state index contributed by atoms with van der Waals surface area (Å²) < 4.78 is 22.7. The molecular formula is C55H103NO8. The number of carbonyl (C=O) groups excluding carboxylic acids is 3. The third-order valence-electron chi connectivity index (χ3n) is 12.0. The fourth-order valence-corrected chi connectivity index (χ4v) is 7.74. The van der Waals surface area contributed by atoms with Crippen molar-refractivity contribution in [1.29, 1.82) is 0 Å². The molecule has 0 amide bonds. The highest BCUT2D eigenvalue weighted by Crippen LogP contribution is 2.17. The molecule has 0 heterocycles. The van der Waals surface area contributed by atoms with E-state index in [2.05, 4.69) is 38.2 Å². The number of esters is 2. The van der Waals surface area contributed by atoms with Gasteiger partial charge in [0.1, 0.15) is 13.2 Å². The van der Waals surface area contributed by atoms with Crippen LogP contribution in [-0.4, -0.2) is 82.3 Å². The van der Waals surface area contributed by atoms with E-state index in [1.165, 1.54) is 167 Å². The average molecular weight is 906 g/mol. The predicted octanol–water partition coefficient (Wildman–Crippen LogP) is 13.8. The summed E-state index contributed by atoms with van der Waals surface area (Å²) in [5.74, 6) is -2.28. The molecule has 64 heavy (non-hydrogen) atoms. The van der Waals surface area contributed by atoms with Crippen LogP contribution >= 0.6 is 0 Å². The van der Waals surface area contributed by atoms with Gasteiger partial charge in [0.25, 0.3) is 0 Å². The molecule has 0 fully saturated rings. The second kappa shape index (κ2) is 47.3. The minimum Gasteiger partial charge on any atom is -0.545 e. The number of aliphatic carboxylic acids is 1. The number of unbranched alkanes of at least 4 members (excludes halogenated alkanes) is 31. The van der Waals surface area contributed by atoms with Crippen LogP contribution in [-0.2, 0) is 33.3 Å². The van der Waals surface area contributed by atoms with E-state index in [9.17, 15) is 19.5 Å². The summed E-state index contributed by atoms with van der Waals surface area (Å²) in [6.45, 7) is 4.75. The Morgan fingerprint density at radius 1 is 0.469 bits per heavy atom. The van der Waals surface area contributed by atoms with E-state index in [1.54, 1.807) is 0 Å². The van der Waals surface area contributed by atoms with Gasteiger partial charge in [0.15, 0.2) is 12.4 Å². The van der Waals surface area contributed by atoms with Gasteiger partial charge in [-0.15, -0.1) is 0 Å². The maximum atomic E-state index is 12.8. The number of rotatable bonds is 50. The third-order valence-corrected chi connectivity index (χ3v) is 12.0. The maximum Gasteiger partial charge on any atom is 0.306 e. The zero-order valence-electron chi connectivity index (χ0n) is 42.7. The lowest BCUT2D eigenvalue weighted by atomic mass is 10.0. The molecule has 0 saturated carbocycles. The van der Waals surface area contributed by atoms with Crippen molar-refractivity contribution >= 4 is 17.9 Å². The molecule has 0 aliphatic carbocycles. The van der Waals surface area contributed by atoms with Crippen molar-refractivity contribution in [1.82, 2.24) is 0 Å². The highest BCUT2D eigenvalue weighted by Gasteiger charge is 2.22. The number of carboxylic acid groups (broad SMARTS) is 1. The van der Waals surface area contributed by atoms with Gasteiger partial charge in [-0.05, 0) is 44.9 Å². The number of hydrogen-bond acceptors (Lipinski definition) is 8. The van der Waals surface area contributed by atoms with Gasteiger partial charge in [-0.2, -0.15) is 0 Å². The Balaban J connectivity index is 4.26. The topological polar surface area (TPSA) is 111 Å². The van der Waals surface area contributed by atoms with Crippen LogP contribution in [0.1, 0.15) is 251 Å². The second-order valence-electron chi connectivity index (χ2n) is 19.5. The van der Waals surface area contributed by atoms with Gasteiger partial charge in [-0.1, -0.05) is 218 Å². The molecule has 0 aromatic heterocycles. The first kappa shape index (κ1) is 61.8. The van der Waals surface area contributed by atoms with Gasteiger partial charge >= 0.3 is 11.9 Å². The van der Waals surface area contributed by atoms with E-state index in [-0.39, 0.29) is 32.2 Å². The summed E-state index contributed by atoms with van der Waals surface area (Å²) in [5.41, 5.74) is 0. The van der Waals surface area contributed by atoms with Crippen LogP contribution in [0.3, 0.4) is 0 Å². The summed E-state index contributed by atoms with van der Waals surface area (Å²) in [6, 6.07) is 0. The lowest BCUT2D eigenvalue weighted by Gasteiger charge is -2.26. The Kier molecular flexibility index (Phi) is 45.6. The molecule has 0 rings (SSSR count). The van der Waals surface area contributed by atoms with Crippen molar-refractivity contribution in [3.8, 4) is 0 Å². The van der Waals surface area contributed by atoms with E-state index in [0.717, 1.165) is 51.4 Å². The molecule has 0 aromatic carbocycles. The molecule has 0 N–H and O–H groups in total. The molecular weight excluding hydrogens is 803 g/mol. The number of quaternary nitrogens is 1. The molecule has 0 bridgehead atoms. The molecule has 0 aliphatic rings. The zero-order chi connectivity index (χ0) is 47.0. The van der Waals surface area contributed by atoms with Crippen LogP contribution in [0.2, 0.25) is 0 Å². The summed E-state index contributed by atoms with van der Waals surface area (Å²) in [7, 11) is 5.92. The Hall–Kier alpha value is -2.23. The molecule has 0 radical (unpaired) electrons. The summed E-state index contributed by atoms with van der Waals surface area (Å²) >= 11 is 0. The van der Waals surface area contributed by atoms with Crippen LogP contribution in [0.5, 0.6) is 0 Å². The SMILES string of the molecule is CCCCC/C=C\C/C=C\CCCCCCCCCC(=O)OC(COC(=O)CCCCCCCCCCCCCCCCCCCCCCCC)COC(OCC[N+](C)(C)C)C(=O)[O-]. The molecule has 2 atom stereocenters. The van der Waals surface area contributed by atoms with Gasteiger partial charge in [-0.25, -0.2) is 0 Å². The molecule has 9 heteroatoms. The van der Waals surface area contributed by atoms with Crippen molar-refractivity contribution in [2.45, 2.75) is 264 Å². The minimum absolute atomic E-state index is 0.148. The van der Waals surface area contributed by atoms with Crippen molar-refractivity contribution in [3.63, 3.8) is 0 Å². The van der Waals surface area contributed by atoms with Crippen LogP contribution in [0, 0.1) is 0 Å². The Morgan fingerprint density at radius 2 is 0.844 bits per heavy atom. The summed E-state index contributed by atoms with van der Waals surface area (Å²) in [4.78, 5) is 37.2. The maximum absolute atomic E-state index is 12.8. The summed E-state index contributed by atoms with van der Waals surface area (Å²) in [5, 5.41) is 11.7. The van der Waals surface area contributed by atoms with Gasteiger partial charge in [0.05, 0.1) is 40.3 Å². The van der Waals surface area contributed by atoms with Gasteiger partial charge in [0.2, 0.25) is 0 Å². The lowest BCUT2D eigenvalue weighted by molar-refractivity contribution is -0.870. The fourth-order valence-electron chi connectivity index (χ4n) is 7.74. The first-order chi connectivity index (χ1) is 31.1. The molecule has 0 saturated heterocycles. The third kappa shape index (κ3) is 47.7. The molecule has 9 nitrogen and oxygen atoms in total.